The summed E-state index contributed by atoms with van der Waals surface area (Å²) in [4.78, 5) is 0. The van der Waals surface area contributed by atoms with Crippen molar-refractivity contribution in [1.82, 2.24) is 0 Å². The van der Waals surface area contributed by atoms with Crippen LogP contribution in [0.1, 0.15) is 69.9 Å². The van der Waals surface area contributed by atoms with Crippen LogP contribution in [0.4, 0.5) is 0 Å². The number of rotatable bonds is 4. The topological polar surface area (TPSA) is 38.7 Å². The average molecular weight is 361 g/mol. The lowest BCUT2D eigenvalue weighted by Gasteiger charge is -2.50. The van der Waals surface area contributed by atoms with Crippen molar-refractivity contribution in [3.63, 3.8) is 0 Å². The van der Waals surface area contributed by atoms with Crippen molar-refractivity contribution in [3.05, 3.63) is 29.3 Å². The third-order valence-corrected chi connectivity index (χ3v) is 7.23. The second-order valence-corrected chi connectivity index (χ2v) is 8.27. The second kappa shape index (κ2) is 8.31. The van der Waals surface area contributed by atoms with Crippen molar-refractivity contribution < 1.29 is 14.6 Å². The van der Waals surface area contributed by atoms with Crippen LogP contribution in [-0.4, -0.2) is 31.5 Å². The summed E-state index contributed by atoms with van der Waals surface area (Å²) >= 11 is 0. The highest BCUT2D eigenvalue weighted by molar-refractivity contribution is 5.40. The van der Waals surface area contributed by atoms with Gasteiger partial charge in [-0.1, -0.05) is 26.8 Å². The molecule has 0 heterocycles. The average Bonchev–Trinajstić information content (AvgIpc) is 3.00. The van der Waals surface area contributed by atoms with Gasteiger partial charge in [0.2, 0.25) is 0 Å². The summed E-state index contributed by atoms with van der Waals surface area (Å²) in [5, 5.41) is 9.79. The van der Waals surface area contributed by atoms with Gasteiger partial charge in [0.1, 0.15) is 5.75 Å². The number of benzene rings is 1. The Labute approximate surface area is 159 Å². The number of hydrogen-bond donors (Lipinski definition) is 1. The molecular formula is C23H36O3. The van der Waals surface area contributed by atoms with E-state index in [1.807, 2.05) is 26.0 Å². The van der Waals surface area contributed by atoms with Crippen LogP contribution in [0.2, 0.25) is 0 Å². The predicted molar refractivity (Wildman–Crippen MR) is 106 cm³/mol. The minimum absolute atomic E-state index is 0.337. The summed E-state index contributed by atoms with van der Waals surface area (Å²) in [6, 6.07) is 6.05. The van der Waals surface area contributed by atoms with Gasteiger partial charge in [0.05, 0.1) is 19.3 Å². The van der Waals surface area contributed by atoms with E-state index in [2.05, 4.69) is 13.0 Å². The first-order valence-electron chi connectivity index (χ1n) is 10.6. The lowest BCUT2D eigenvalue weighted by atomic mass is 9.55. The summed E-state index contributed by atoms with van der Waals surface area (Å²) in [6.07, 6.45) is 7.83. The van der Waals surface area contributed by atoms with Crippen molar-refractivity contribution >= 4 is 0 Å². The maximum Gasteiger partial charge on any atom is 0.115 e. The molecule has 5 atom stereocenters. The van der Waals surface area contributed by atoms with Crippen molar-refractivity contribution in [2.24, 2.45) is 17.3 Å². The van der Waals surface area contributed by atoms with Gasteiger partial charge in [-0.05, 0) is 85.0 Å². The van der Waals surface area contributed by atoms with Gasteiger partial charge in [-0.25, -0.2) is 0 Å². The van der Waals surface area contributed by atoms with E-state index < -0.39 is 0 Å². The van der Waals surface area contributed by atoms with Gasteiger partial charge in [0.15, 0.2) is 0 Å². The Kier molecular flexibility index (Phi) is 6.29. The van der Waals surface area contributed by atoms with Gasteiger partial charge in [0, 0.05) is 7.11 Å². The fourth-order valence-corrected chi connectivity index (χ4v) is 6.07. The molecule has 0 saturated heterocycles. The molecular weight excluding hydrogens is 324 g/mol. The molecule has 1 aromatic rings. The summed E-state index contributed by atoms with van der Waals surface area (Å²) < 4.78 is 11.4. The van der Waals surface area contributed by atoms with Crippen LogP contribution in [0.15, 0.2) is 18.2 Å². The summed E-state index contributed by atoms with van der Waals surface area (Å²) in [5.41, 5.74) is 3.23. The normalized spacial score (nSPS) is 34.9. The first kappa shape index (κ1) is 19.7. The minimum atomic E-state index is 0.337. The van der Waals surface area contributed by atoms with Gasteiger partial charge in [-0.3, -0.25) is 0 Å². The Balaban J connectivity index is 0.000000948. The van der Waals surface area contributed by atoms with Gasteiger partial charge in [-0.15, -0.1) is 0 Å². The Hall–Kier alpha value is -1.06. The fourth-order valence-electron chi connectivity index (χ4n) is 6.07. The van der Waals surface area contributed by atoms with E-state index in [0.29, 0.717) is 29.8 Å². The number of methoxy groups -OCH3 is 1. The quantitative estimate of drug-likeness (QED) is 0.740. The second-order valence-electron chi connectivity index (χ2n) is 8.27. The van der Waals surface area contributed by atoms with Crippen LogP contribution in [0.25, 0.3) is 0 Å². The lowest BCUT2D eigenvalue weighted by molar-refractivity contribution is -0.0739. The van der Waals surface area contributed by atoms with Gasteiger partial charge >= 0.3 is 0 Å². The molecule has 4 rings (SSSR count). The van der Waals surface area contributed by atoms with Crippen molar-refractivity contribution in [1.29, 1.82) is 0 Å². The summed E-state index contributed by atoms with van der Waals surface area (Å²) in [7, 11) is 1.74. The zero-order valence-electron chi connectivity index (χ0n) is 17.0. The molecule has 0 radical (unpaired) electrons. The van der Waals surface area contributed by atoms with Crippen LogP contribution in [0.5, 0.6) is 5.75 Å². The van der Waals surface area contributed by atoms with E-state index in [1.165, 1.54) is 43.2 Å². The number of hydrogen-bond acceptors (Lipinski definition) is 3. The molecule has 3 nitrogen and oxygen atoms in total. The molecule has 5 unspecified atom stereocenters. The van der Waals surface area contributed by atoms with E-state index in [1.54, 1.807) is 7.11 Å². The van der Waals surface area contributed by atoms with Gasteiger partial charge < -0.3 is 14.6 Å². The monoisotopic (exact) mass is 360 g/mol. The predicted octanol–water partition coefficient (Wildman–Crippen LogP) is 5.31. The lowest BCUT2D eigenvalue weighted by Crippen LogP contribution is -2.44. The van der Waals surface area contributed by atoms with Crippen LogP contribution in [0.3, 0.4) is 0 Å². The van der Waals surface area contributed by atoms with Crippen LogP contribution < -0.4 is 0 Å². The highest BCUT2D eigenvalue weighted by atomic mass is 16.5. The number of aromatic hydroxyl groups is 1. The molecule has 1 aromatic carbocycles. The third-order valence-electron chi connectivity index (χ3n) is 7.23. The molecule has 146 valence electrons. The number of phenolic OH excluding ortho intramolecular Hbond substituents is 1. The first-order valence-corrected chi connectivity index (χ1v) is 10.6. The van der Waals surface area contributed by atoms with E-state index in [-0.39, 0.29) is 0 Å². The van der Waals surface area contributed by atoms with E-state index >= 15 is 0 Å². The standard InChI is InChI=1S/C21H30O3.C2H6/c1-21-10-9-17-16-6-4-15(22)13-14(16)3-5-18(17)19(21)7-8-20(21)24-12-11-23-2;1-2/h4,6,13,17-20,22H,3,5,7-12H2,1-2H3;1-2H3. The molecule has 3 aliphatic rings. The Bertz CT molecular complexity index is 599. The Morgan fingerprint density at radius 2 is 1.92 bits per heavy atom. The zero-order chi connectivity index (χ0) is 18.7. The van der Waals surface area contributed by atoms with Gasteiger partial charge in [-0.2, -0.15) is 0 Å². The molecule has 3 aliphatic carbocycles. The molecule has 2 saturated carbocycles. The van der Waals surface area contributed by atoms with E-state index in [9.17, 15) is 5.11 Å². The molecule has 3 heteroatoms. The molecule has 0 amide bonds. The molecule has 2 fully saturated rings. The first-order chi connectivity index (χ1) is 12.6. The van der Waals surface area contributed by atoms with Crippen LogP contribution >= 0.6 is 0 Å². The summed E-state index contributed by atoms with van der Waals surface area (Å²) in [6.45, 7) is 7.89. The van der Waals surface area contributed by atoms with Crippen LogP contribution in [-0.2, 0) is 15.9 Å². The van der Waals surface area contributed by atoms with E-state index in [4.69, 9.17) is 9.47 Å². The molecule has 26 heavy (non-hydrogen) atoms. The van der Waals surface area contributed by atoms with Crippen molar-refractivity contribution in [2.75, 3.05) is 20.3 Å². The molecule has 0 bridgehead atoms. The van der Waals surface area contributed by atoms with Crippen molar-refractivity contribution in [3.8, 4) is 5.75 Å². The summed E-state index contributed by atoms with van der Waals surface area (Å²) in [5.74, 6) is 2.67. The maximum atomic E-state index is 9.79. The highest BCUT2D eigenvalue weighted by Crippen LogP contribution is 2.61. The van der Waals surface area contributed by atoms with Crippen LogP contribution in [0, 0.1) is 17.3 Å². The molecule has 0 spiro atoms. The van der Waals surface area contributed by atoms with Gasteiger partial charge in [0.25, 0.3) is 0 Å². The molecule has 1 N–H and O–H groups in total. The Morgan fingerprint density at radius 3 is 2.69 bits per heavy atom. The number of phenols is 1. The smallest absolute Gasteiger partial charge is 0.115 e. The largest absolute Gasteiger partial charge is 0.508 e. The number of aryl methyl sites for hydroxylation is 1. The van der Waals surface area contributed by atoms with Crippen molar-refractivity contribution in [2.45, 2.75) is 71.3 Å². The number of fused-ring (bicyclic) bond motifs is 5. The fraction of sp³-hybridized carbons (Fsp3) is 0.739. The molecule has 0 aliphatic heterocycles. The van der Waals surface area contributed by atoms with E-state index in [0.717, 1.165) is 24.9 Å². The minimum Gasteiger partial charge on any atom is -0.508 e. The molecule has 0 aromatic heterocycles. The zero-order valence-corrected chi connectivity index (χ0v) is 17.0. The Morgan fingerprint density at radius 1 is 1.12 bits per heavy atom. The highest BCUT2D eigenvalue weighted by Gasteiger charge is 2.55. The SMILES string of the molecule is CC.COCCOC1CCC2C3CCc4cc(O)ccc4C3CCC12C. The maximum absolute atomic E-state index is 9.79. The third kappa shape index (κ3) is 3.41. The number of ether oxygens (including phenoxy) is 2.